The molecule has 130 valence electrons. The van der Waals surface area contributed by atoms with Crippen LogP contribution < -0.4 is 11.1 Å². The molecular formula is C21H20N4O. The second-order valence-corrected chi connectivity index (χ2v) is 6.34. The Balaban J connectivity index is 1.41. The molecule has 0 saturated carbocycles. The van der Waals surface area contributed by atoms with Gasteiger partial charge in [0.1, 0.15) is 5.69 Å². The van der Waals surface area contributed by atoms with Crippen molar-refractivity contribution in [3.63, 3.8) is 0 Å². The van der Waals surface area contributed by atoms with Gasteiger partial charge < -0.3 is 15.6 Å². The van der Waals surface area contributed by atoms with Crippen molar-refractivity contribution in [3.05, 3.63) is 78.6 Å². The van der Waals surface area contributed by atoms with Crippen LogP contribution in [0, 0.1) is 0 Å². The molecule has 2 aromatic heterocycles. The van der Waals surface area contributed by atoms with Crippen LogP contribution in [-0.2, 0) is 6.42 Å². The van der Waals surface area contributed by atoms with Crippen molar-refractivity contribution in [2.24, 2.45) is 5.73 Å². The summed E-state index contributed by atoms with van der Waals surface area (Å²) in [6.07, 6.45) is 4.45. The zero-order valence-corrected chi connectivity index (χ0v) is 14.3. The maximum absolute atomic E-state index is 6.20. The van der Waals surface area contributed by atoms with E-state index in [9.17, 15) is 0 Å². The Labute approximate surface area is 151 Å². The molecule has 0 radical (unpaired) electrons. The third kappa shape index (κ3) is 3.73. The molecule has 0 saturated heterocycles. The Hall–Kier alpha value is -3.18. The first-order chi connectivity index (χ1) is 12.8. The molecule has 0 bridgehead atoms. The van der Waals surface area contributed by atoms with E-state index in [4.69, 9.17) is 10.3 Å². The summed E-state index contributed by atoms with van der Waals surface area (Å²) in [6, 6.07) is 20.3. The standard InChI is InChI=1S/C21H20N4O/c22-19(10-15-4-2-1-3-5-15)14-24-21-12-20(25-26-21)17-6-7-18-13-23-9-8-16(18)11-17/h1-9,11-13,19,24H,10,14,22H2. The highest BCUT2D eigenvalue weighted by atomic mass is 16.5. The summed E-state index contributed by atoms with van der Waals surface area (Å²) in [5.41, 5.74) is 9.23. The molecule has 2 heterocycles. The molecule has 1 atom stereocenters. The second kappa shape index (κ2) is 7.37. The molecule has 5 nitrogen and oxygen atoms in total. The Morgan fingerprint density at radius 3 is 2.77 bits per heavy atom. The van der Waals surface area contributed by atoms with Gasteiger partial charge in [0.15, 0.2) is 0 Å². The zero-order valence-electron chi connectivity index (χ0n) is 14.3. The summed E-state index contributed by atoms with van der Waals surface area (Å²) in [4.78, 5) is 4.13. The van der Waals surface area contributed by atoms with Crippen LogP contribution in [0.5, 0.6) is 0 Å². The van der Waals surface area contributed by atoms with Gasteiger partial charge in [-0.2, -0.15) is 0 Å². The molecule has 0 spiro atoms. The number of fused-ring (bicyclic) bond motifs is 1. The maximum atomic E-state index is 6.20. The summed E-state index contributed by atoms with van der Waals surface area (Å²) >= 11 is 0. The summed E-state index contributed by atoms with van der Waals surface area (Å²) < 4.78 is 5.40. The molecule has 0 aliphatic rings. The van der Waals surface area contributed by atoms with Crippen molar-refractivity contribution in [2.75, 3.05) is 11.9 Å². The molecule has 0 aliphatic carbocycles. The van der Waals surface area contributed by atoms with Gasteiger partial charge in [-0.05, 0) is 29.5 Å². The van der Waals surface area contributed by atoms with Crippen LogP contribution in [0.1, 0.15) is 5.56 Å². The number of nitrogens with one attached hydrogen (secondary N) is 1. The Morgan fingerprint density at radius 1 is 1.00 bits per heavy atom. The van der Waals surface area contributed by atoms with Gasteiger partial charge in [-0.25, -0.2) is 0 Å². The number of aromatic nitrogens is 2. The van der Waals surface area contributed by atoms with Crippen LogP contribution >= 0.6 is 0 Å². The highest BCUT2D eigenvalue weighted by Gasteiger charge is 2.09. The fourth-order valence-corrected chi connectivity index (χ4v) is 2.96. The van der Waals surface area contributed by atoms with Gasteiger partial charge in [-0.15, -0.1) is 0 Å². The van der Waals surface area contributed by atoms with Crippen LogP contribution in [0.25, 0.3) is 22.0 Å². The number of hydrogen-bond acceptors (Lipinski definition) is 5. The second-order valence-electron chi connectivity index (χ2n) is 6.34. The van der Waals surface area contributed by atoms with E-state index >= 15 is 0 Å². The highest BCUT2D eigenvalue weighted by Crippen LogP contribution is 2.25. The minimum atomic E-state index is -0.000816. The van der Waals surface area contributed by atoms with Crippen LogP contribution in [0.15, 0.2) is 77.6 Å². The largest absolute Gasteiger partial charge is 0.352 e. The molecule has 0 aliphatic heterocycles. The molecule has 4 rings (SSSR count). The predicted molar refractivity (Wildman–Crippen MR) is 104 cm³/mol. The molecule has 4 aromatic rings. The lowest BCUT2D eigenvalue weighted by atomic mass is 10.1. The quantitative estimate of drug-likeness (QED) is 0.555. The fourth-order valence-electron chi connectivity index (χ4n) is 2.96. The number of hydrogen-bond donors (Lipinski definition) is 2. The minimum absolute atomic E-state index is 0.000816. The monoisotopic (exact) mass is 344 g/mol. The van der Waals surface area contributed by atoms with Crippen molar-refractivity contribution in [3.8, 4) is 11.3 Å². The van der Waals surface area contributed by atoms with E-state index in [1.807, 2.05) is 48.7 Å². The number of nitrogens with two attached hydrogens (primary N) is 1. The Kier molecular flexibility index (Phi) is 4.62. The Bertz CT molecular complexity index is 997. The van der Waals surface area contributed by atoms with Crippen molar-refractivity contribution in [1.29, 1.82) is 0 Å². The van der Waals surface area contributed by atoms with Crippen LogP contribution in [-0.4, -0.2) is 22.7 Å². The smallest absolute Gasteiger partial charge is 0.225 e. The average molecular weight is 344 g/mol. The van der Waals surface area contributed by atoms with Crippen molar-refractivity contribution in [1.82, 2.24) is 10.1 Å². The van der Waals surface area contributed by atoms with Gasteiger partial charge in [0.25, 0.3) is 0 Å². The first-order valence-electron chi connectivity index (χ1n) is 8.62. The first-order valence-corrected chi connectivity index (χ1v) is 8.62. The van der Waals surface area contributed by atoms with E-state index in [1.54, 1.807) is 6.20 Å². The lowest BCUT2D eigenvalue weighted by Gasteiger charge is -2.11. The molecule has 2 aromatic carbocycles. The fraction of sp³-hybridized carbons (Fsp3) is 0.143. The van der Waals surface area contributed by atoms with Gasteiger partial charge in [0.2, 0.25) is 5.88 Å². The van der Waals surface area contributed by atoms with E-state index in [2.05, 4.69) is 33.7 Å². The molecule has 5 heteroatoms. The van der Waals surface area contributed by atoms with E-state index in [1.165, 1.54) is 5.56 Å². The van der Waals surface area contributed by atoms with Gasteiger partial charge in [-0.1, -0.05) is 47.6 Å². The number of rotatable bonds is 6. The van der Waals surface area contributed by atoms with Gasteiger partial charge in [0, 0.05) is 42.0 Å². The maximum Gasteiger partial charge on any atom is 0.225 e. The van der Waals surface area contributed by atoms with Gasteiger partial charge in [0.05, 0.1) is 0 Å². The summed E-state index contributed by atoms with van der Waals surface area (Å²) in [6.45, 7) is 0.618. The SMILES string of the molecule is NC(CNc1cc(-c2ccc3cnccc3c2)no1)Cc1ccccc1. The van der Waals surface area contributed by atoms with E-state index in [0.717, 1.165) is 28.5 Å². The number of pyridine rings is 1. The van der Waals surface area contributed by atoms with Crippen LogP contribution in [0.2, 0.25) is 0 Å². The third-order valence-electron chi connectivity index (χ3n) is 4.33. The third-order valence-corrected chi connectivity index (χ3v) is 4.33. The van der Waals surface area contributed by atoms with Crippen molar-refractivity contribution >= 4 is 16.7 Å². The van der Waals surface area contributed by atoms with Crippen LogP contribution in [0.3, 0.4) is 0 Å². The van der Waals surface area contributed by atoms with E-state index < -0.39 is 0 Å². The van der Waals surface area contributed by atoms with E-state index in [-0.39, 0.29) is 6.04 Å². The van der Waals surface area contributed by atoms with Gasteiger partial charge >= 0.3 is 0 Å². The average Bonchev–Trinajstić information content (AvgIpc) is 3.16. The lowest BCUT2D eigenvalue weighted by Crippen LogP contribution is -2.31. The van der Waals surface area contributed by atoms with Gasteiger partial charge in [-0.3, -0.25) is 4.98 Å². The topological polar surface area (TPSA) is 77.0 Å². The number of benzene rings is 2. The zero-order chi connectivity index (χ0) is 17.8. The molecular weight excluding hydrogens is 324 g/mol. The van der Waals surface area contributed by atoms with Crippen LogP contribution in [0.4, 0.5) is 5.88 Å². The molecule has 0 fully saturated rings. The highest BCUT2D eigenvalue weighted by molar-refractivity contribution is 5.86. The minimum Gasteiger partial charge on any atom is -0.352 e. The molecule has 3 N–H and O–H groups in total. The molecule has 1 unspecified atom stereocenters. The number of anilines is 1. The molecule has 0 amide bonds. The lowest BCUT2D eigenvalue weighted by molar-refractivity contribution is 0.433. The Morgan fingerprint density at radius 2 is 1.88 bits per heavy atom. The summed E-state index contributed by atoms with van der Waals surface area (Å²) in [5.74, 6) is 0.623. The van der Waals surface area contributed by atoms with Crippen molar-refractivity contribution in [2.45, 2.75) is 12.5 Å². The predicted octanol–water partition coefficient (Wildman–Crippen LogP) is 3.87. The summed E-state index contributed by atoms with van der Waals surface area (Å²) in [5, 5.41) is 9.62. The number of nitrogens with zero attached hydrogens (tertiary/aromatic N) is 2. The molecule has 26 heavy (non-hydrogen) atoms. The van der Waals surface area contributed by atoms with E-state index in [0.29, 0.717) is 12.4 Å². The van der Waals surface area contributed by atoms with Crippen molar-refractivity contribution < 1.29 is 4.52 Å². The normalized spacial score (nSPS) is 12.2. The first kappa shape index (κ1) is 16.3. The summed E-state index contributed by atoms with van der Waals surface area (Å²) in [7, 11) is 0.